The highest BCUT2D eigenvalue weighted by atomic mass is 32.2. The molecule has 0 saturated heterocycles. The molecule has 1 aliphatic rings. The van der Waals surface area contributed by atoms with Gasteiger partial charge in [0.2, 0.25) is 0 Å². The van der Waals surface area contributed by atoms with Crippen molar-refractivity contribution in [3.8, 4) is 0 Å². The summed E-state index contributed by atoms with van der Waals surface area (Å²) in [7, 11) is 0. The molecule has 3 unspecified atom stereocenters. The fourth-order valence-electron chi connectivity index (χ4n) is 2.63. The minimum absolute atomic E-state index is 0.696. The molecule has 2 rings (SSSR count). The Morgan fingerprint density at radius 2 is 2.00 bits per heavy atom. The molecule has 0 heterocycles. The standard InChI is InChI=1S/C15H23NS/c1-3-16-14-10-9-12(2)11-15(14)17-13-7-5-4-6-8-13/h4-8,12,14-16H,3,9-11H2,1-2H3. The van der Waals surface area contributed by atoms with E-state index in [4.69, 9.17) is 0 Å². The summed E-state index contributed by atoms with van der Waals surface area (Å²) in [5.74, 6) is 0.881. The van der Waals surface area contributed by atoms with Crippen molar-refractivity contribution in [2.24, 2.45) is 5.92 Å². The second-order valence-corrected chi connectivity index (χ2v) is 6.36. The van der Waals surface area contributed by atoms with Crippen molar-refractivity contribution < 1.29 is 0 Å². The molecule has 1 aromatic carbocycles. The summed E-state index contributed by atoms with van der Waals surface area (Å²) in [6.45, 7) is 5.69. The Labute approximate surface area is 109 Å². The lowest BCUT2D eigenvalue weighted by Gasteiger charge is -2.35. The van der Waals surface area contributed by atoms with Gasteiger partial charge in [0.05, 0.1) is 0 Å². The van der Waals surface area contributed by atoms with Crippen molar-refractivity contribution in [1.29, 1.82) is 0 Å². The van der Waals surface area contributed by atoms with E-state index in [1.165, 1.54) is 24.2 Å². The largest absolute Gasteiger partial charge is 0.313 e. The van der Waals surface area contributed by atoms with Gasteiger partial charge in [-0.15, -0.1) is 11.8 Å². The van der Waals surface area contributed by atoms with Crippen molar-refractivity contribution in [2.45, 2.75) is 49.3 Å². The van der Waals surface area contributed by atoms with Crippen molar-refractivity contribution in [3.63, 3.8) is 0 Å². The summed E-state index contributed by atoms with van der Waals surface area (Å²) in [4.78, 5) is 1.41. The van der Waals surface area contributed by atoms with E-state index in [9.17, 15) is 0 Å². The third-order valence-electron chi connectivity index (χ3n) is 3.55. The molecule has 0 radical (unpaired) electrons. The lowest BCUT2D eigenvalue weighted by Crippen LogP contribution is -2.42. The zero-order chi connectivity index (χ0) is 12.1. The minimum Gasteiger partial charge on any atom is -0.313 e. The molecular weight excluding hydrogens is 226 g/mol. The Morgan fingerprint density at radius 3 is 2.71 bits per heavy atom. The molecule has 2 heteroatoms. The van der Waals surface area contributed by atoms with Crippen LogP contribution >= 0.6 is 11.8 Å². The predicted octanol–water partition coefficient (Wildman–Crippen LogP) is 3.95. The van der Waals surface area contributed by atoms with E-state index in [2.05, 4.69) is 61.3 Å². The molecule has 1 aromatic rings. The Balaban J connectivity index is 1.99. The number of hydrogen-bond acceptors (Lipinski definition) is 2. The average molecular weight is 249 g/mol. The second-order valence-electron chi connectivity index (χ2n) is 5.05. The highest BCUT2D eigenvalue weighted by Gasteiger charge is 2.28. The van der Waals surface area contributed by atoms with Crippen LogP contribution < -0.4 is 5.32 Å². The van der Waals surface area contributed by atoms with E-state index in [0.717, 1.165) is 17.7 Å². The minimum atomic E-state index is 0.696. The summed E-state index contributed by atoms with van der Waals surface area (Å²) in [5, 5.41) is 4.39. The van der Waals surface area contributed by atoms with Gasteiger partial charge in [0.1, 0.15) is 0 Å². The molecule has 0 spiro atoms. The van der Waals surface area contributed by atoms with E-state index in [1.807, 2.05) is 0 Å². The predicted molar refractivity (Wildman–Crippen MR) is 76.6 cm³/mol. The summed E-state index contributed by atoms with van der Waals surface area (Å²) < 4.78 is 0. The van der Waals surface area contributed by atoms with Gasteiger partial charge in [-0.05, 0) is 43.9 Å². The number of benzene rings is 1. The van der Waals surface area contributed by atoms with Gasteiger partial charge in [-0.1, -0.05) is 32.0 Å². The molecule has 0 aromatic heterocycles. The summed E-state index contributed by atoms with van der Waals surface area (Å²) in [6.07, 6.45) is 4.06. The second kappa shape index (κ2) is 6.46. The van der Waals surface area contributed by atoms with Crippen molar-refractivity contribution in [1.82, 2.24) is 5.32 Å². The molecule has 1 N–H and O–H groups in total. The molecule has 1 aliphatic carbocycles. The summed E-state index contributed by atoms with van der Waals surface area (Å²) in [6, 6.07) is 11.5. The Morgan fingerprint density at radius 1 is 1.24 bits per heavy atom. The summed E-state index contributed by atoms with van der Waals surface area (Å²) >= 11 is 2.05. The van der Waals surface area contributed by atoms with Crippen LogP contribution in [0.2, 0.25) is 0 Å². The molecule has 1 saturated carbocycles. The first-order valence-corrected chi connectivity index (χ1v) is 7.62. The first-order chi connectivity index (χ1) is 8.29. The van der Waals surface area contributed by atoms with Gasteiger partial charge in [-0.3, -0.25) is 0 Å². The van der Waals surface area contributed by atoms with E-state index in [0.29, 0.717) is 6.04 Å². The monoisotopic (exact) mass is 249 g/mol. The first kappa shape index (κ1) is 13.0. The van der Waals surface area contributed by atoms with Crippen LogP contribution in [0.4, 0.5) is 0 Å². The topological polar surface area (TPSA) is 12.0 Å². The van der Waals surface area contributed by atoms with Crippen LogP contribution in [0.25, 0.3) is 0 Å². The highest BCUT2D eigenvalue weighted by Crippen LogP contribution is 2.36. The number of nitrogens with one attached hydrogen (secondary N) is 1. The van der Waals surface area contributed by atoms with Crippen molar-refractivity contribution in [2.75, 3.05) is 6.54 Å². The van der Waals surface area contributed by atoms with Crippen LogP contribution in [0, 0.1) is 5.92 Å². The van der Waals surface area contributed by atoms with Gasteiger partial charge in [0.15, 0.2) is 0 Å². The van der Waals surface area contributed by atoms with Crippen molar-refractivity contribution >= 4 is 11.8 Å². The maximum atomic E-state index is 3.65. The number of rotatable bonds is 4. The lowest BCUT2D eigenvalue weighted by atomic mass is 9.87. The highest BCUT2D eigenvalue weighted by molar-refractivity contribution is 8.00. The molecule has 0 bridgehead atoms. The fourth-order valence-corrected chi connectivity index (χ4v) is 4.11. The van der Waals surface area contributed by atoms with E-state index in [1.54, 1.807) is 0 Å². The zero-order valence-corrected chi connectivity index (χ0v) is 11.7. The quantitative estimate of drug-likeness (QED) is 0.867. The Kier molecular flexibility index (Phi) is 4.93. The van der Waals surface area contributed by atoms with Crippen LogP contribution in [-0.4, -0.2) is 17.8 Å². The van der Waals surface area contributed by atoms with E-state index < -0.39 is 0 Å². The Hall–Kier alpha value is -0.470. The number of hydrogen-bond donors (Lipinski definition) is 1. The van der Waals surface area contributed by atoms with E-state index >= 15 is 0 Å². The SMILES string of the molecule is CCNC1CCC(C)CC1Sc1ccccc1. The van der Waals surface area contributed by atoms with Crippen LogP contribution in [0.5, 0.6) is 0 Å². The molecule has 0 aliphatic heterocycles. The zero-order valence-electron chi connectivity index (χ0n) is 10.9. The molecule has 1 nitrogen and oxygen atoms in total. The third-order valence-corrected chi connectivity index (χ3v) is 4.92. The maximum Gasteiger partial charge on any atom is 0.0250 e. The Bertz CT molecular complexity index is 325. The molecule has 94 valence electrons. The normalized spacial score (nSPS) is 29.2. The molecule has 0 amide bonds. The van der Waals surface area contributed by atoms with Gasteiger partial charge in [0, 0.05) is 16.2 Å². The van der Waals surface area contributed by atoms with E-state index in [-0.39, 0.29) is 0 Å². The lowest BCUT2D eigenvalue weighted by molar-refractivity contribution is 0.321. The van der Waals surface area contributed by atoms with Gasteiger partial charge in [-0.2, -0.15) is 0 Å². The van der Waals surface area contributed by atoms with Gasteiger partial charge in [0.25, 0.3) is 0 Å². The smallest absolute Gasteiger partial charge is 0.0250 e. The van der Waals surface area contributed by atoms with Crippen molar-refractivity contribution in [3.05, 3.63) is 30.3 Å². The maximum absolute atomic E-state index is 3.65. The molecule has 3 atom stereocenters. The average Bonchev–Trinajstić information content (AvgIpc) is 2.34. The third kappa shape index (κ3) is 3.75. The van der Waals surface area contributed by atoms with Crippen LogP contribution in [-0.2, 0) is 0 Å². The van der Waals surface area contributed by atoms with Gasteiger partial charge >= 0.3 is 0 Å². The van der Waals surface area contributed by atoms with Gasteiger partial charge in [-0.25, -0.2) is 0 Å². The van der Waals surface area contributed by atoms with Gasteiger partial charge < -0.3 is 5.32 Å². The number of thioether (sulfide) groups is 1. The molecule has 17 heavy (non-hydrogen) atoms. The van der Waals surface area contributed by atoms with Crippen LogP contribution in [0.1, 0.15) is 33.1 Å². The first-order valence-electron chi connectivity index (χ1n) is 6.74. The summed E-state index contributed by atoms with van der Waals surface area (Å²) in [5.41, 5.74) is 0. The van der Waals surface area contributed by atoms with Crippen LogP contribution in [0.3, 0.4) is 0 Å². The fraction of sp³-hybridized carbons (Fsp3) is 0.600. The molecular formula is C15H23NS. The molecule has 1 fully saturated rings. The van der Waals surface area contributed by atoms with Crippen LogP contribution in [0.15, 0.2) is 35.2 Å².